The molecular formula is C21H30N4S. The van der Waals surface area contributed by atoms with E-state index in [4.69, 9.17) is 16.4 Å². The van der Waals surface area contributed by atoms with E-state index in [9.17, 15) is 0 Å². The lowest BCUT2D eigenvalue weighted by atomic mass is 10.0. The number of benzene rings is 1. The van der Waals surface area contributed by atoms with Crippen LogP contribution in [0, 0.1) is 29.6 Å². The molecular weight excluding hydrogens is 340 g/mol. The molecule has 4 nitrogen and oxygen atoms in total. The zero-order valence-electron chi connectivity index (χ0n) is 16.5. The topological polar surface area (TPSA) is 86.5 Å². The number of rotatable bonds is 3. The number of nitrogens with two attached hydrogens (primary N) is 1. The van der Waals surface area contributed by atoms with Crippen molar-refractivity contribution in [1.82, 2.24) is 4.98 Å². The molecule has 2 rings (SSSR count). The lowest BCUT2D eigenvalue weighted by molar-refractivity contribution is 0.646. The molecule has 0 amide bonds. The zero-order valence-corrected chi connectivity index (χ0v) is 17.3. The second kappa shape index (κ2) is 13.0. The molecule has 140 valence electrons. The lowest BCUT2D eigenvalue weighted by Crippen LogP contribution is -2.01. The summed E-state index contributed by atoms with van der Waals surface area (Å²) in [4.78, 5) is 4.34. The predicted molar refractivity (Wildman–Crippen MR) is 116 cm³/mol. The molecule has 2 aromatic rings. The predicted octanol–water partition coefficient (Wildman–Crippen LogP) is 5.77. The van der Waals surface area contributed by atoms with Crippen molar-refractivity contribution in [1.29, 1.82) is 10.7 Å². The summed E-state index contributed by atoms with van der Waals surface area (Å²) in [6, 6.07) is 10.5. The van der Waals surface area contributed by atoms with E-state index in [-0.39, 0.29) is 11.1 Å². The molecule has 1 unspecified atom stereocenters. The number of aromatic nitrogens is 1. The summed E-state index contributed by atoms with van der Waals surface area (Å²) in [5, 5.41) is 16.1. The van der Waals surface area contributed by atoms with Gasteiger partial charge in [-0.2, -0.15) is 5.26 Å². The molecule has 26 heavy (non-hydrogen) atoms. The molecule has 0 bridgehead atoms. The molecule has 1 atom stereocenters. The summed E-state index contributed by atoms with van der Waals surface area (Å²) < 4.78 is 0. The van der Waals surface area contributed by atoms with Gasteiger partial charge in [0.15, 0.2) is 5.17 Å². The van der Waals surface area contributed by atoms with Crippen molar-refractivity contribution in [2.75, 3.05) is 6.26 Å². The van der Waals surface area contributed by atoms with Gasteiger partial charge >= 0.3 is 0 Å². The van der Waals surface area contributed by atoms with Crippen LogP contribution in [-0.4, -0.2) is 16.4 Å². The lowest BCUT2D eigenvalue weighted by Gasteiger charge is -2.06. The second-order valence-corrected chi connectivity index (χ2v) is 6.90. The molecule has 0 radical (unpaired) electrons. The number of hydrogen-bond donors (Lipinski definition) is 2. The van der Waals surface area contributed by atoms with Gasteiger partial charge < -0.3 is 5.73 Å². The number of aryl methyl sites for hydroxylation is 1. The third-order valence-corrected chi connectivity index (χ3v) is 3.93. The van der Waals surface area contributed by atoms with Crippen LogP contribution in [0.15, 0.2) is 37.0 Å². The van der Waals surface area contributed by atoms with Crippen LogP contribution in [0.2, 0.25) is 0 Å². The maximum atomic E-state index is 8.22. The number of hydrogen-bond acceptors (Lipinski definition) is 4. The van der Waals surface area contributed by atoms with Gasteiger partial charge in [0.05, 0.1) is 11.6 Å². The van der Waals surface area contributed by atoms with Gasteiger partial charge in [-0.1, -0.05) is 49.4 Å². The highest BCUT2D eigenvalue weighted by atomic mass is 32.2. The Balaban J connectivity index is 0.000000439. The quantitative estimate of drug-likeness (QED) is 0.531. The van der Waals surface area contributed by atoms with Crippen LogP contribution in [-0.2, 0) is 0 Å². The maximum absolute atomic E-state index is 8.22. The number of fused-ring (bicyclic) bond motifs is 1. The fourth-order valence-electron chi connectivity index (χ4n) is 2.17. The van der Waals surface area contributed by atoms with Crippen LogP contribution in [0.1, 0.15) is 44.7 Å². The van der Waals surface area contributed by atoms with Crippen LogP contribution >= 0.6 is 11.8 Å². The summed E-state index contributed by atoms with van der Waals surface area (Å²) in [7, 11) is 0. The van der Waals surface area contributed by atoms with Gasteiger partial charge in [-0.3, -0.25) is 10.4 Å². The van der Waals surface area contributed by atoms with Crippen molar-refractivity contribution in [3.05, 3.63) is 48.2 Å². The van der Waals surface area contributed by atoms with Gasteiger partial charge in [-0.15, -0.1) is 0 Å². The van der Waals surface area contributed by atoms with Crippen molar-refractivity contribution in [3.63, 3.8) is 0 Å². The zero-order chi connectivity index (χ0) is 20.1. The van der Waals surface area contributed by atoms with Crippen molar-refractivity contribution in [2.24, 2.45) is 11.7 Å². The molecule has 1 aromatic heterocycles. The first-order valence-corrected chi connectivity index (χ1v) is 9.78. The summed E-state index contributed by atoms with van der Waals surface area (Å²) in [6.07, 6.45) is 5.75. The van der Waals surface area contributed by atoms with E-state index in [0.29, 0.717) is 0 Å². The Morgan fingerprint density at radius 2 is 2.08 bits per heavy atom. The first-order chi connectivity index (χ1) is 12.3. The summed E-state index contributed by atoms with van der Waals surface area (Å²) in [5.74, 6) is 0.255. The van der Waals surface area contributed by atoms with E-state index in [0.717, 1.165) is 23.9 Å². The van der Waals surface area contributed by atoms with E-state index in [1.165, 1.54) is 28.3 Å². The van der Waals surface area contributed by atoms with E-state index in [1.807, 2.05) is 26.1 Å². The van der Waals surface area contributed by atoms with Crippen molar-refractivity contribution >= 4 is 33.4 Å². The number of pyridine rings is 1. The molecule has 0 aliphatic heterocycles. The highest BCUT2D eigenvalue weighted by molar-refractivity contribution is 8.13. The highest BCUT2D eigenvalue weighted by Crippen LogP contribution is 2.24. The molecule has 0 aliphatic carbocycles. The molecule has 5 heteroatoms. The smallest absolute Gasteiger partial charge is 0.150 e. The average molecular weight is 371 g/mol. The standard InChI is InChI=1S/C13H13N.C6H11N.C2H6N2S/c1-9(2)12-7-10(3)8-13-11(12)5-4-6-14-13;1-3-4-6(2)5-7;1-5-2(3)4/h4-8H,1H2,2-3H3;6H,3-4H2,1-2H3;1H3,(H3,3,4). The molecule has 3 N–H and O–H groups in total. The van der Waals surface area contributed by atoms with E-state index in [2.05, 4.69) is 49.7 Å². The second-order valence-electron chi connectivity index (χ2n) is 6.05. The Morgan fingerprint density at radius 3 is 2.50 bits per heavy atom. The van der Waals surface area contributed by atoms with Crippen LogP contribution in [0.5, 0.6) is 0 Å². The third kappa shape index (κ3) is 9.24. The number of nitrogens with zero attached hydrogens (tertiary/aromatic N) is 2. The normalized spacial score (nSPS) is 10.5. The minimum Gasteiger partial charge on any atom is -0.379 e. The Bertz CT molecular complexity index is 762. The SMILES string of the molecule is C=C(C)c1cc(C)cc2ncccc12.CCCC(C)C#N.CSC(=N)N. The Kier molecular flexibility index (Phi) is 11.8. The first kappa shape index (κ1) is 23.7. The summed E-state index contributed by atoms with van der Waals surface area (Å²) in [6.45, 7) is 12.1. The van der Waals surface area contributed by atoms with Gasteiger partial charge in [0.1, 0.15) is 0 Å². The van der Waals surface area contributed by atoms with Crippen molar-refractivity contribution < 1.29 is 0 Å². The van der Waals surface area contributed by atoms with Crippen LogP contribution < -0.4 is 5.73 Å². The monoisotopic (exact) mass is 370 g/mol. The highest BCUT2D eigenvalue weighted by Gasteiger charge is 2.02. The molecule has 0 aliphatic rings. The number of allylic oxidation sites excluding steroid dienone is 1. The fourth-order valence-corrected chi connectivity index (χ4v) is 2.17. The van der Waals surface area contributed by atoms with Gasteiger partial charge in [0, 0.05) is 17.5 Å². The number of amidine groups is 1. The molecule has 0 saturated carbocycles. The van der Waals surface area contributed by atoms with Gasteiger partial charge in [-0.25, -0.2) is 0 Å². The van der Waals surface area contributed by atoms with E-state index in [1.54, 1.807) is 6.26 Å². The van der Waals surface area contributed by atoms with Crippen LogP contribution in [0.4, 0.5) is 0 Å². The van der Waals surface area contributed by atoms with Gasteiger partial charge in [0.2, 0.25) is 0 Å². The van der Waals surface area contributed by atoms with Crippen LogP contribution in [0.3, 0.4) is 0 Å². The summed E-state index contributed by atoms with van der Waals surface area (Å²) >= 11 is 1.24. The Hall–Kier alpha value is -2.32. The van der Waals surface area contributed by atoms with E-state index >= 15 is 0 Å². The van der Waals surface area contributed by atoms with E-state index < -0.39 is 0 Å². The van der Waals surface area contributed by atoms with Crippen molar-refractivity contribution in [2.45, 2.75) is 40.5 Å². The maximum Gasteiger partial charge on any atom is 0.150 e. The summed E-state index contributed by atoms with van der Waals surface area (Å²) in [5.41, 5.74) is 9.41. The van der Waals surface area contributed by atoms with Gasteiger partial charge in [0.25, 0.3) is 0 Å². The largest absolute Gasteiger partial charge is 0.379 e. The first-order valence-electron chi connectivity index (χ1n) is 8.55. The third-order valence-electron chi connectivity index (χ3n) is 3.49. The van der Waals surface area contributed by atoms with Crippen molar-refractivity contribution in [3.8, 4) is 6.07 Å². The average Bonchev–Trinajstić information content (AvgIpc) is 2.62. The Labute approximate surface area is 162 Å². The minimum absolute atomic E-state index is 0.171. The molecule has 0 spiro atoms. The molecule has 1 aromatic carbocycles. The number of nitriles is 1. The number of thioether (sulfide) groups is 1. The fraction of sp³-hybridized carbons (Fsp3) is 0.381. The Morgan fingerprint density at radius 1 is 1.46 bits per heavy atom. The van der Waals surface area contributed by atoms with Gasteiger partial charge in [-0.05, 0) is 56.7 Å². The minimum atomic E-state index is 0.171. The number of nitrogens with one attached hydrogen (secondary N) is 1. The molecule has 1 heterocycles. The molecule has 0 fully saturated rings. The molecule has 0 saturated heterocycles. The van der Waals surface area contributed by atoms with Crippen LogP contribution in [0.25, 0.3) is 16.5 Å².